The zero-order chi connectivity index (χ0) is 16.3. The van der Waals surface area contributed by atoms with E-state index >= 15 is 0 Å². The normalized spacial score (nSPS) is 14.9. The van der Waals surface area contributed by atoms with Crippen LogP contribution >= 0.6 is 11.6 Å². The van der Waals surface area contributed by atoms with Crippen molar-refractivity contribution in [2.24, 2.45) is 0 Å². The zero-order valence-electron chi connectivity index (χ0n) is 12.7. The van der Waals surface area contributed by atoms with Gasteiger partial charge < -0.3 is 4.90 Å². The highest BCUT2D eigenvalue weighted by molar-refractivity contribution is 7.91. The van der Waals surface area contributed by atoms with Gasteiger partial charge in [-0.3, -0.25) is 4.72 Å². The first-order valence-corrected chi connectivity index (χ1v) is 9.65. The van der Waals surface area contributed by atoms with Crippen molar-refractivity contribution in [1.82, 2.24) is 0 Å². The van der Waals surface area contributed by atoms with Crippen LogP contribution in [0.4, 0.5) is 11.4 Å². The fraction of sp³-hybridized carbons (Fsp3) is 0.294. The topological polar surface area (TPSA) is 49.4 Å². The number of sulfonamides is 1. The number of anilines is 2. The number of benzene rings is 2. The highest BCUT2D eigenvalue weighted by atomic mass is 35.5. The van der Waals surface area contributed by atoms with Crippen LogP contribution in [0, 0.1) is 0 Å². The van der Waals surface area contributed by atoms with Gasteiger partial charge in [-0.15, -0.1) is 0 Å². The maximum Gasteiger partial charge on any atom is 0.236 e. The van der Waals surface area contributed by atoms with E-state index in [9.17, 15) is 8.42 Å². The summed E-state index contributed by atoms with van der Waals surface area (Å²) in [4.78, 5) is 2.27. The van der Waals surface area contributed by atoms with E-state index in [2.05, 4.69) is 9.62 Å². The van der Waals surface area contributed by atoms with E-state index in [0.29, 0.717) is 16.3 Å². The average molecular weight is 351 g/mol. The Hall–Kier alpha value is -1.72. The highest BCUT2D eigenvalue weighted by Gasteiger charge is 2.15. The van der Waals surface area contributed by atoms with Gasteiger partial charge in [0.25, 0.3) is 0 Å². The molecule has 1 aliphatic rings. The lowest BCUT2D eigenvalue weighted by atomic mass is 10.2. The molecule has 0 unspecified atom stereocenters. The third-order valence-corrected chi connectivity index (χ3v) is 5.37. The largest absolute Gasteiger partial charge is 0.371 e. The van der Waals surface area contributed by atoms with E-state index in [1.54, 1.807) is 30.3 Å². The van der Waals surface area contributed by atoms with Gasteiger partial charge in [-0.05, 0) is 48.7 Å². The summed E-state index contributed by atoms with van der Waals surface area (Å²) in [6.45, 7) is 2.06. The number of hydrogen-bond donors (Lipinski definition) is 1. The molecule has 1 saturated heterocycles. The van der Waals surface area contributed by atoms with Crippen molar-refractivity contribution >= 4 is 33.0 Å². The van der Waals surface area contributed by atoms with E-state index in [0.717, 1.165) is 18.8 Å². The van der Waals surface area contributed by atoms with Crippen LogP contribution in [0.1, 0.15) is 18.4 Å². The summed E-state index contributed by atoms with van der Waals surface area (Å²) in [7, 11) is -3.45. The average Bonchev–Trinajstić information content (AvgIpc) is 3.03. The van der Waals surface area contributed by atoms with Crippen molar-refractivity contribution < 1.29 is 8.42 Å². The first-order valence-electron chi connectivity index (χ1n) is 7.62. The number of nitrogens with one attached hydrogen (secondary N) is 1. The summed E-state index contributed by atoms with van der Waals surface area (Å²) in [5.74, 6) is -0.0713. The number of hydrogen-bond acceptors (Lipinski definition) is 3. The van der Waals surface area contributed by atoms with Crippen LogP contribution in [0.15, 0.2) is 48.5 Å². The third-order valence-electron chi connectivity index (χ3n) is 3.86. The molecular weight excluding hydrogens is 332 g/mol. The van der Waals surface area contributed by atoms with E-state index in [1.165, 1.54) is 12.8 Å². The van der Waals surface area contributed by atoms with Crippen LogP contribution in [0.3, 0.4) is 0 Å². The molecule has 4 nitrogen and oxygen atoms in total. The quantitative estimate of drug-likeness (QED) is 0.890. The molecule has 6 heteroatoms. The van der Waals surface area contributed by atoms with Crippen molar-refractivity contribution in [2.45, 2.75) is 18.6 Å². The van der Waals surface area contributed by atoms with E-state index in [1.807, 2.05) is 18.2 Å². The standard InChI is InChI=1S/C17H19ClN2O2S/c18-15-8-6-14(7-9-15)13-23(21,22)19-16-4-3-5-17(12-16)20-10-1-2-11-20/h3-9,12,19H,1-2,10-11,13H2. The molecule has 0 saturated carbocycles. The minimum absolute atomic E-state index is 0.0713. The van der Waals surface area contributed by atoms with Gasteiger partial charge in [0.1, 0.15) is 0 Å². The Morgan fingerprint density at radius 1 is 1.04 bits per heavy atom. The van der Waals surface area contributed by atoms with Gasteiger partial charge >= 0.3 is 0 Å². The second-order valence-electron chi connectivity index (χ2n) is 5.73. The molecule has 1 heterocycles. The maximum absolute atomic E-state index is 12.3. The second kappa shape index (κ2) is 6.81. The van der Waals surface area contributed by atoms with Gasteiger partial charge in [0.05, 0.1) is 11.4 Å². The Morgan fingerprint density at radius 2 is 1.74 bits per heavy atom. The fourth-order valence-corrected chi connectivity index (χ4v) is 4.07. The summed E-state index contributed by atoms with van der Waals surface area (Å²) in [5, 5.41) is 0.595. The van der Waals surface area contributed by atoms with Crippen molar-refractivity contribution in [1.29, 1.82) is 0 Å². The van der Waals surface area contributed by atoms with E-state index in [4.69, 9.17) is 11.6 Å². The monoisotopic (exact) mass is 350 g/mol. The van der Waals surface area contributed by atoms with Crippen LogP contribution in [-0.2, 0) is 15.8 Å². The molecule has 23 heavy (non-hydrogen) atoms. The Kier molecular flexibility index (Phi) is 4.78. The van der Waals surface area contributed by atoms with Gasteiger partial charge in [-0.25, -0.2) is 8.42 Å². The van der Waals surface area contributed by atoms with Crippen LogP contribution in [0.5, 0.6) is 0 Å². The number of halogens is 1. The minimum Gasteiger partial charge on any atom is -0.371 e. The van der Waals surface area contributed by atoms with Crippen LogP contribution in [0.25, 0.3) is 0 Å². The van der Waals surface area contributed by atoms with Gasteiger partial charge in [0.15, 0.2) is 0 Å². The Balaban J connectivity index is 1.72. The molecule has 1 fully saturated rings. The molecule has 3 rings (SSSR count). The van der Waals surface area contributed by atoms with Crippen molar-refractivity contribution in [3.63, 3.8) is 0 Å². The van der Waals surface area contributed by atoms with E-state index in [-0.39, 0.29) is 5.75 Å². The summed E-state index contributed by atoms with van der Waals surface area (Å²) in [6.07, 6.45) is 2.37. The molecule has 1 N–H and O–H groups in total. The molecule has 122 valence electrons. The Labute approximate surface area is 142 Å². The first-order chi connectivity index (χ1) is 11.0. The predicted octanol–water partition coefficient (Wildman–Crippen LogP) is 3.88. The third kappa shape index (κ3) is 4.39. The lowest BCUT2D eigenvalue weighted by Crippen LogP contribution is -2.18. The Morgan fingerprint density at radius 3 is 2.43 bits per heavy atom. The summed E-state index contributed by atoms with van der Waals surface area (Å²) in [6, 6.07) is 14.4. The fourth-order valence-electron chi connectivity index (χ4n) is 2.76. The molecule has 0 amide bonds. The molecule has 0 aromatic heterocycles. The molecule has 0 radical (unpaired) electrons. The summed E-state index contributed by atoms with van der Waals surface area (Å²) >= 11 is 5.82. The predicted molar refractivity (Wildman–Crippen MR) is 95.6 cm³/mol. The number of rotatable bonds is 5. The van der Waals surface area contributed by atoms with Crippen LogP contribution in [-0.4, -0.2) is 21.5 Å². The highest BCUT2D eigenvalue weighted by Crippen LogP contribution is 2.24. The van der Waals surface area contributed by atoms with Gasteiger partial charge in [0.2, 0.25) is 10.0 Å². The van der Waals surface area contributed by atoms with Crippen molar-refractivity contribution in [2.75, 3.05) is 22.7 Å². The molecular formula is C17H19ClN2O2S. The SMILES string of the molecule is O=S(=O)(Cc1ccc(Cl)cc1)Nc1cccc(N2CCCC2)c1. The van der Waals surface area contributed by atoms with Gasteiger partial charge in [0, 0.05) is 23.8 Å². The minimum atomic E-state index is -3.45. The Bertz CT molecular complexity index is 769. The van der Waals surface area contributed by atoms with Crippen molar-refractivity contribution in [3.05, 3.63) is 59.1 Å². The maximum atomic E-state index is 12.3. The second-order valence-corrected chi connectivity index (χ2v) is 7.89. The van der Waals surface area contributed by atoms with Gasteiger partial charge in [-0.1, -0.05) is 29.8 Å². The zero-order valence-corrected chi connectivity index (χ0v) is 14.3. The smallest absolute Gasteiger partial charge is 0.236 e. The molecule has 2 aromatic rings. The van der Waals surface area contributed by atoms with Gasteiger partial charge in [-0.2, -0.15) is 0 Å². The summed E-state index contributed by atoms with van der Waals surface area (Å²) in [5.41, 5.74) is 2.37. The molecule has 0 aliphatic carbocycles. The molecule has 2 aromatic carbocycles. The molecule has 0 atom stereocenters. The first kappa shape index (κ1) is 16.1. The van der Waals surface area contributed by atoms with Crippen LogP contribution in [0.2, 0.25) is 5.02 Å². The van der Waals surface area contributed by atoms with Crippen molar-refractivity contribution in [3.8, 4) is 0 Å². The van der Waals surface area contributed by atoms with Crippen LogP contribution < -0.4 is 9.62 Å². The van der Waals surface area contributed by atoms with E-state index < -0.39 is 10.0 Å². The molecule has 1 aliphatic heterocycles. The lowest BCUT2D eigenvalue weighted by molar-refractivity contribution is 0.600. The summed E-state index contributed by atoms with van der Waals surface area (Å²) < 4.78 is 27.3. The molecule has 0 spiro atoms. The number of nitrogens with zero attached hydrogens (tertiary/aromatic N) is 1. The lowest BCUT2D eigenvalue weighted by Gasteiger charge is -2.18. The molecule has 0 bridgehead atoms.